The number of amides is 1. The molecule has 2 aliphatic heterocycles. The van der Waals surface area contributed by atoms with Crippen LogP contribution in [0.1, 0.15) is 0 Å². The number of carbonyl (C=O) groups is 1. The first-order chi connectivity index (χ1) is 11.5. The molecule has 1 amide bonds. The van der Waals surface area contributed by atoms with Gasteiger partial charge in [0.1, 0.15) is 11.9 Å². The fourth-order valence-corrected chi connectivity index (χ4v) is 4.27. The molecule has 0 bridgehead atoms. The van der Waals surface area contributed by atoms with Gasteiger partial charge in [0, 0.05) is 32.7 Å². The summed E-state index contributed by atoms with van der Waals surface area (Å²) >= 11 is 0. The van der Waals surface area contributed by atoms with Crippen LogP contribution in [0.25, 0.3) is 0 Å². The van der Waals surface area contributed by atoms with Crippen molar-refractivity contribution in [1.82, 2.24) is 14.5 Å². The molecule has 7 nitrogen and oxygen atoms in total. The largest absolute Gasteiger partial charge is 0.378 e. The van der Waals surface area contributed by atoms with Crippen LogP contribution in [0.3, 0.4) is 0 Å². The van der Waals surface area contributed by atoms with Gasteiger partial charge in [-0.2, -0.15) is 4.31 Å². The van der Waals surface area contributed by atoms with Crippen molar-refractivity contribution in [2.24, 2.45) is 0 Å². The lowest BCUT2D eigenvalue weighted by molar-refractivity contribution is -0.137. The zero-order valence-electron chi connectivity index (χ0n) is 13.6. The number of carbonyl (C=O) groups excluding carboxylic acids is 1. The second-order valence-corrected chi connectivity index (χ2v) is 7.70. The Bertz CT molecular complexity index is 687. The molecule has 0 saturated carbocycles. The number of nitrogens with zero attached hydrogens (tertiary/aromatic N) is 2. The molecule has 0 spiro atoms. The molecule has 2 saturated heterocycles. The van der Waals surface area contributed by atoms with Crippen molar-refractivity contribution in [3.8, 4) is 0 Å². The summed E-state index contributed by atoms with van der Waals surface area (Å²) in [6, 6.07) is 4.40. The third kappa shape index (κ3) is 4.48. The van der Waals surface area contributed by atoms with Crippen molar-refractivity contribution >= 4 is 28.3 Å². The zero-order chi connectivity index (χ0) is 17.2. The summed E-state index contributed by atoms with van der Waals surface area (Å²) in [7, 11) is -3.66. The van der Waals surface area contributed by atoms with Crippen LogP contribution in [0.2, 0.25) is 0 Å². The third-order valence-electron chi connectivity index (χ3n) is 4.22. The zero-order valence-corrected chi connectivity index (χ0v) is 15.2. The van der Waals surface area contributed by atoms with Crippen molar-refractivity contribution in [2.45, 2.75) is 10.9 Å². The third-order valence-corrected chi connectivity index (χ3v) is 6.13. The van der Waals surface area contributed by atoms with Gasteiger partial charge in [-0.05, 0) is 24.3 Å². The van der Waals surface area contributed by atoms with Crippen LogP contribution in [0.5, 0.6) is 0 Å². The number of nitrogens with one attached hydrogen (secondary N) is 1. The Kier molecular flexibility index (Phi) is 6.75. The normalized spacial score (nSPS) is 22.3. The molecule has 0 aliphatic carbocycles. The van der Waals surface area contributed by atoms with Crippen LogP contribution >= 0.6 is 12.4 Å². The number of hydrogen-bond donors (Lipinski definition) is 1. The number of sulfonamides is 1. The Hall–Kier alpha value is -1.26. The monoisotopic (exact) mass is 393 g/mol. The lowest BCUT2D eigenvalue weighted by atomic mass is 10.2. The summed E-state index contributed by atoms with van der Waals surface area (Å²) in [5.41, 5.74) is 0. The summed E-state index contributed by atoms with van der Waals surface area (Å²) < 4.78 is 44.7. The fraction of sp³-hybridized carbons (Fsp3) is 0.533. The molecular formula is C15H21ClFN3O4S. The number of hydrogen-bond acceptors (Lipinski definition) is 5. The molecule has 140 valence electrons. The standard InChI is InChI=1S/C15H20FN3O4S.ClH/c16-12-1-3-13(4-2-12)24(21,22)19-8-6-18(7-9-19)15(20)14-11-23-10-5-17-14;/h1-4,14,17H,5-11H2;1H. The molecule has 2 heterocycles. The van der Waals surface area contributed by atoms with E-state index in [0.29, 0.717) is 32.8 Å². The van der Waals surface area contributed by atoms with E-state index in [1.165, 1.54) is 16.4 Å². The fourth-order valence-electron chi connectivity index (χ4n) is 2.85. The van der Waals surface area contributed by atoms with Crippen molar-refractivity contribution < 1.29 is 22.3 Å². The number of piperazine rings is 1. The quantitative estimate of drug-likeness (QED) is 0.786. The Morgan fingerprint density at radius 2 is 1.80 bits per heavy atom. The highest BCUT2D eigenvalue weighted by Crippen LogP contribution is 2.18. The minimum atomic E-state index is -3.66. The molecule has 10 heteroatoms. The molecule has 1 N–H and O–H groups in total. The van der Waals surface area contributed by atoms with Crippen LogP contribution < -0.4 is 5.32 Å². The molecule has 0 radical (unpaired) electrons. The van der Waals surface area contributed by atoms with E-state index < -0.39 is 15.8 Å². The van der Waals surface area contributed by atoms with Crippen molar-refractivity contribution in [3.63, 3.8) is 0 Å². The Labute approximate surface area is 152 Å². The maximum Gasteiger partial charge on any atom is 0.243 e. The second kappa shape index (κ2) is 8.41. The predicted molar refractivity (Wildman–Crippen MR) is 91.6 cm³/mol. The van der Waals surface area contributed by atoms with E-state index in [-0.39, 0.29) is 42.3 Å². The summed E-state index contributed by atoms with van der Waals surface area (Å²) in [5.74, 6) is -0.542. The van der Waals surface area contributed by atoms with Gasteiger partial charge in [-0.15, -0.1) is 12.4 Å². The summed E-state index contributed by atoms with van der Waals surface area (Å²) in [6.45, 7) is 2.67. The number of rotatable bonds is 3. The van der Waals surface area contributed by atoms with E-state index >= 15 is 0 Å². The number of halogens is 2. The highest BCUT2D eigenvalue weighted by Gasteiger charge is 2.33. The summed E-state index contributed by atoms with van der Waals surface area (Å²) in [5, 5.41) is 3.11. The van der Waals surface area contributed by atoms with Gasteiger partial charge in [0.05, 0.1) is 18.1 Å². The van der Waals surface area contributed by atoms with Gasteiger partial charge in [0.15, 0.2) is 0 Å². The predicted octanol–water partition coefficient (Wildman–Crippen LogP) is 0.0688. The van der Waals surface area contributed by atoms with E-state index in [2.05, 4.69) is 5.32 Å². The van der Waals surface area contributed by atoms with Gasteiger partial charge in [-0.1, -0.05) is 0 Å². The minimum absolute atomic E-state index is 0. The number of ether oxygens (including phenoxy) is 1. The van der Waals surface area contributed by atoms with Gasteiger partial charge in [-0.25, -0.2) is 12.8 Å². The first-order valence-corrected chi connectivity index (χ1v) is 9.28. The molecule has 25 heavy (non-hydrogen) atoms. The minimum Gasteiger partial charge on any atom is -0.378 e. The van der Waals surface area contributed by atoms with Crippen LogP contribution in [0.4, 0.5) is 4.39 Å². The van der Waals surface area contributed by atoms with Crippen LogP contribution in [-0.2, 0) is 19.6 Å². The highest BCUT2D eigenvalue weighted by molar-refractivity contribution is 7.89. The molecule has 2 aliphatic rings. The van der Waals surface area contributed by atoms with Crippen LogP contribution in [0, 0.1) is 5.82 Å². The molecule has 1 aromatic carbocycles. The highest BCUT2D eigenvalue weighted by atomic mass is 35.5. The summed E-state index contributed by atoms with van der Waals surface area (Å²) in [4.78, 5) is 14.1. The molecule has 0 aromatic heterocycles. The van der Waals surface area contributed by atoms with Crippen molar-refractivity contribution in [1.29, 1.82) is 0 Å². The molecule has 3 rings (SSSR count). The van der Waals surface area contributed by atoms with E-state index in [1.54, 1.807) is 4.90 Å². The number of benzene rings is 1. The average molecular weight is 394 g/mol. The Morgan fingerprint density at radius 3 is 2.36 bits per heavy atom. The second-order valence-electron chi connectivity index (χ2n) is 5.76. The van der Waals surface area contributed by atoms with E-state index in [4.69, 9.17) is 4.74 Å². The maximum atomic E-state index is 13.0. The van der Waals surface area contributed by atoms with Gasteiger partial charge in [-0.3, -0.25) is 4.79 Å². The van der Waals surface area contributed by atoms with Gasteiger partial charge in [0.25, 0.3) is 0 Å². The van der Waals surface area contributed by atoms with Gasteiger partial charge in [0.2, 0.25) is 15.9 Å². The smallest absolute Gasteiger partial charge is 0.243 e. The van der Waals surface area contributed by atoms with Gasteiger partial charge >= 0.3 is 0 Å². The maximum absolute atomic E-state index is 13.0. The molecule has 1 unspecified atom stereocenters. The summed E-state index contributed by atoms with van der Waals surface area (Å²) in [6.07, 6.45) is 0. The lowest BCUT2D eigenvalue weighted by Gasteiger charge is -2.36. The van der Waals surface area contributed by atoms with E-state index in [0.717, 1.165) is 12.1 Å². The van der Waals surface area contributed by atoms with Crippen molar-refractivity contribution in [2.75, 3.05) is 45.9 Å². The molecule has 1 atom stereocenters. The first-order valence-electron chi connectivity index (χ1n) is 7.84. The van der Waals surface area contributed by atoms with E-state index in [1.807, 2.05) is 0 Å². The Balaban J connectivity index is 0.00000225. The SMILES string of the molecule is Cl.O=C(C1COCCN1)N1CCN(S(=O)(=O)c2ccc(F)cc2)CC1. The average Bonchev–Trinajstić information content (AvgIpc) is 2.62. The Morgan fingerprint density at radius 1 is 1.16 bits per heavy atom. The van der Waals surface area contributed by atoms with Gasteiger partial charge < -0.3 is 15.0 Å². The molecular weight excluding hydrogens is 373 g/mol. The van der Waals surface area contributed by atoms with E-state index in [9.17, 15) is 17.6 Å². The first kappa shape index (κ1) is 20.1. The topological polar surface area (TPSA) is 79.0 Å². The molecule has 2 fully saturated rings. The van der Waals surface area contributed by atoms with Crippen LogP contribution in [0.15, 0.2) is 29.2 Å². The van der Waals surface area contributed by atoms with Crippen LogP contribution in [-0.4, -0.2) is 75.5 Å². The number of morpholine rings is 1. The lowest BCUT2D eigenvalue weighted by Crippen LogP contribution is -2.57. The van der Waals surface area contributed by atoms with Crippen molar-refractivity contribution in [3.05, 3.63) is 30.1 Å². The molecule has 1 aromatic rings.